The summed E-state index contributed by atoms with van der Waals surface area (Å²) in [4.78, 5) is 24.6. The van der Waals surface area contributed by atoms with E-state index >= 15 is 0 Å². The van der Waals surface area contributed by atoms with Gasteiger partial charge < -0.3 is 15.3 Å². The van der Waals surface area contributed by atoms with Crippen LogP contribution in [0.2, 0.25) is 0 Å². The van der Waals surface area contributed by atoms with Gasteiger partial charge in [-0.05, 0) is 13.5 Å². The van der Waals surface area contributed by atoms with Crippen molar-refractivity contribution < 1.29 is 14.7 Å². The summed E-state index contributed by atoms with van der Waals surface area (Å²) in [5.74, 6) is -1.07. The number of amides is 2. The van der Waals surface area contributed by atoms with Gasteiger partial charge in [-0.15, -0.1) is 6.58 Å². The van der Waals surface area contributed by atoms with Gasteiger partial charge in [-0.2, -0.15) is 0 Å². The number of nitrogens with one attached hydrogen (secondary N) is 2. The van der Waals surface area contributed by atoms with E-state index in [1.54, 1.807) is 5.01 Å². The number of carboxylic acids is 1. The van der Waals surface area contributed by atoms with E-state index in [0.717, 1.165) is 26.2 Å². The Kier molecular flexibility index (Phi) is 5.60. The van der Waals surface area contributed by atoms with Crippen LogP contribution in [0.1, 0.15) is 6.42 Å². The van der Waals surface area contributed by atoms with E-state index in [0.29, 0.717) is 0 Å². The molecule has 18 heavy (non-hydrogen) atoms. The maximum Gasteiger partial charge on any atom is 0.330 e. The van der Waals surface area contributed by atoms with Crippen LogP contribution in [-0.2, 0) is 4.79 Å². The van der Waals surface area contributed by atoms with Crippen LogP contribution in [0.3, 0.4) is 0 Å². The minimum absolute atomic E-state index is 0.200. The van der Waals surface area contributed by atoms with Gasteiger partial charge in [-0.3, -0.25) is 5.43 Å². The number of carboxylic acid groups (broad SMARTS) is 1. The first-order valence-electron chi connectivity index (χ1n) is 5.87. The van der Waals surface area contributed by atoms with Crippen LogP contribution in [0.5, 0.6) is 0 Å². The van der Waals surface area contributed by atoms with E-state index in [2.05, 4.69) is 22.2 Å². The second kappa shape index (κ2) is 6.97. The van der Waals surface area contributed by atoms with Gasteiger partial charge in [0, 0.05) is 26.2 Å². The molecule has 1 saturated heterocycles. The number of likely N-dealkylation sites (N-methyl/N-ethyl adjacent to an activating group) is 1. The van der Waals surface area contributed by atoms with Crippen molar-refractivity contribution in [3.05, 3.63) is 12.7 Å². The lowest BCUT2D eigenvalue weighted by Crippen LogP contribution is -2.56. The van der Waals surface area contributed by atoms with E-state index in [1.165, 1.54) is 6.08 Å². The van der Waals surface area contributed by atoms with E-state index in [4.69, 9.17) is 5.11 Å². The average molecular weight is 256 g/mol. The fourth-order valence-corrected chi connectivity index (χ4v) is 1.64. The molecule has 3 N–H and O–H groups in total. The predicted octanol–water partition coefficient (Wildman–Crippen LogP) is -0.523. The van der Waals surface area contributed by atoms with Crippen LogP contribution in [0, 0.1) is 0 Å². The van der Waals surface area contributed by atoms with Crippen molar-refractivity contribution in [1.82, 2.24) is 20.7 Å². The Hall–Kier alpha value is -1.60. The molecule has 0 bridgehead atoms. The van der Waals surface area contributed by atoms with Crippen molar-refractivity contribution in [3.8, 4) is 0 Å². The number of urea groups is 1. The number of hydrogen-bond acceptors (Lipinski definition) is 4. The molecule has 1 unspecified atom stereocenters. The van der Waals surface area contributed by atoms with Crippen LogP contribution in [0.25, 0.3) is 0 Å². The van der Waals surface area contributed by atoms with E-state index in [1.807, 2.05) is 7.05 Å². The molecule has 0 aromatic heterocycles. The number of rotatable bonds is 5. The number of carbonyl (C=O) groups is 2. The highest BCUT2D eigenvalue weighted by Crippen LogP contribution is 1.96. The molecule has 0 spiro atoms. The Morgan fingerprint density at radius 1 is 1.39 bits per heavy atom. The number of nitrogens with zero attached hydrogens (tertiary/aromatic N) is 2. The quantitative estimate of drug-likeness (QED) is 0.576. The molecular weight excluding hydrogens is 236 g/mol. The molecular formula is C11H20N4O3. The maximum absolute atomic E-state index is 11.6. The van der Waals surface area contributed by atoms with E-state index in [-0.39, 0.29) is 6.42 Å². The highest BCUT2D eigenvalue weighted by atomic mass is 16.4. The van der Waals surface area contributed by atoms with Gasteiger partial charge in [0.1, 0.15) is 6.04 Å². The van der Waals surface area contributed by atoms with Crippen LogP contribution in [0.4, 0.5) is 4.79 Å². The lowest BCUT2D eigenvalue weighted by Gasteiger charge is -2.32. The first-order valence-corrected chi connectivity index (χ1v) is 5.87. The molecule has 2 amide bonds. The summed E-state index contributed by atoms with van der Waals surface area (Å²) in [6.07, 6.45) is 1.67. The van der Waals surface area contributed by atoms with Gasteiger partial charge in [-0.1, -0.05) is 6.08 Å². The SMILES string of the molecule is C=CCC(NC(=O)NN1CCN(C)CC1)C(=O)O. The molecule has 1 atom stereocenters. The Balaban J connectivity index is 2.35. The van der Waals surface area contributed by atoms with Gasteiger partial charge in [-0.25, -0.2) is 14.6 Å². The summed E-state index contributed by atoms with van der Waals surface area (Å²) in [5, 5.41) is 13.1. The van der Waals surface area contributed by atoms with Crippen molar-refractivity contribution in [2.75, 3.05) is 33.2 Å². The third kappa shape index (κ3) is 4.72. The fourth-order valence-electron chi connectivity index (χ4n) is 1.64. The summed E-state index contributed by atoms with van der Waals surface area (Å²) in [6.45, 7) is 6.65. The van der Waals surface area contributed by atoms with Crippen LogP contribution < -0.4 is 10.7 Å². The maximum atomic E-state index is 11.6. The van der Waals surface area contributed by atoms with E-state index in [9.17, 15) is 9.59 Å². The average Bonchev–Trinajstić information content (AvgIpc) is 2.31. The van der Waals surface area contributed by atoms with Crippen molar-refractivity contribution in [2.45, 2.75) is 12.5 Å². The molecule has 0 aromatic rings. The minimum Gasteiger partial charge on any atom is -0.480 e. The lowest BCUT2D eigenvalue weighted by atomic mass is 10.2. The normalized spacial score (nSPS) is 18.9. The molecule has 1 rings (SSSR count). The molecule has 102 valence electrons. The van der Waals surface area contributed by atoms with Crippen molar-refractivity contribution >= 4 is 12.0 Å². The highest BCUT2D eigenvalue weighted by Gasteiger charge is 2.20. The third-order valence-electron chi connectivity index (χ3n) is 2.77. The lowest BCUT2D eigenvalue weighted by molar-refractivity contribution is -0.139. The molecule has 0 aliphatic carbocycles. The van der Waals surface area contributed by atoms with Gasteiger partial charge in [0.2, 0.25) is 0 Å². The van der Waals surface area contributed by atoms with Gasteiger partial charge in [0.05, 0.1) is 0 Å². The van der Waals surface area contributed by atoms with Crippen LogP contribution in [-0.4, -0.2) is 66.3 Å². The summed E-state index contributed by atoms with van der Waals surface area (Å²) in [5.41, 5.74) is 2.64. The Morgan fingerprint density at radius 3 is 2.50 bits per heavy atom. The summed E-state index contributed by atoms with van der Waals surface area (Å²) in [6, 6.07) is -1.43. The zero-order chi connectivity index (χ0) is 13.5. The van der Waals surface area contributed by atoms with Gasteiger partial charge >= 0.3 is 12.0 Å². The number of carbonyl (C=O) groups excluding carboxylic acids is 1. The number of hydrogen-bond donors (Lipinski definition) is 3. The molecule has 0 radical (unpaired) electrons. The fraction of sp³-hybridized carbons (Fsp3) is 0.636. The smallest absolute Gasteiger partial charge is 0.330 e. The first kappa shape index (κ1) is 14.5. The standard InChI is InChI=1S/C11H20N4O3/c1-3-4-9(10(16)17)12-11(18)13-15-7-5-14(2)6-8-15/h3,9H,1,4-8H2,2H3,(H,16,17)(H2,12,13,18). The molecule has 1 heterocycles. The highest BCUT2D eigenvalue weighted by molar-refractivity contribution is 5.82. The van der Waals surface area contributed by atoms with E-state index < -0.39 is 18.0 Å². The Morgan fingerprint density at radius 2 is 2.00 bits per heavy atom. The predicted molar refractivity (Wildman–Crippen MR) is 67.0 cm³/mol. The molecule has 7 heteroatoms. The molecule has 1 fully saturated rings. The number of piperazine rings is 1. The largest absolute Gasteiger partial charge is 0.480 e. The monoisotopic (exact) mass is 256 g/mol. The van der Waals surface area contributed by atoms with Crippen molar-refractivity contribution in [2.24, 2.45) is 0 Å². The first-order chi connectivity index (χ1) is 8.52. The Bertz CT molecular complexity index is 313. The van der Waals surface area contributed by atoms with Crippen molar-refractivity contribution in [3.63, 3.8) is 0 Å². The van der Waals surface area contributed by atoms with Crippen LogP contribution >= 0.6 is 0 Å². The zero-order valence-electron chi connectivity index (χ0n) is 10.6. The Labute approximate surface area is 106 Å². The second-order valence-corrected chi connectivity index (χ2v) is 4.29. The molecule has 0 aromatic carbocycles. The number of aliphatic carboxylic acids is 1. The summed E-state index contributed by atoms with van der Waals surface area (Å²) < 4.78 is 0. The summed E-state index contributed by atoms with van der Waals surface area (Å²) in [7, 11) is 2.02. The number of hydrazine groups is 1. The minimum atomic E-state index is -1.07. The third-order valence-corrected chi connectivity index (χ3v) is 2.77. The van der Waals surface area contributed by atoms with Gasteiger partial charge in [0.15, 0.2) is 0 Å². The molecule has 1 aliphatic rings. The molecule has 7 nitrogen and oxygen atoms in total. The topological polar surface area (TPSA) is 84.9 Å². The molecule has 1 aliphatic heterocycles. The second-order valence-electron chi connectivity index (χ2n) is 4.29. The zero-order valence-corrected chi connectivity index (χ0v) is 10.6. The van der Waals surface area contributed by atoms with Crippen molar-refractivity contribution in [1.29, 1.82) is 0 Å². The molecule has 0 saturated carbocycles. The van der Waals surface area contributed by atoms with Gasteiger partial charge in [0.25, 0.3) is 0 Å². The summed E-state index contributed by atoms with van der Waals surface area (Å²) >= 11 is 0. The van der Waals surface area contributed by atoms with Crippen LogP contribution in [0.15, 0.2) is 12.7 Å².